The molecule has 0 spiro atoms. The van der Waals surface area contributed by atoms with Crippen molar-refractivity contribution in [2.24, 2.45) is 5.92 Å². The van der Waals surface area contributed by atoms with Crippen LogP contribution in [0, 0.1) is 5.92 Å². The molecule has 1 aromatic rings. The van der Waals surface area contributed by atoms with Gasteiger partial charge in [-0.25, -0.2) is 8.78 Å². The van der Waals surface area contributed by atoms with Crippen molar-refractivity contribution >= 4 is 0 Å². The zero-order chi connectivity index (χ0) is 14.0. The van der Waals surface area contributed by atoms with Crippen LogP contribution in [0.5, 0.6) is 0 Å². The van der Waals surface area contributed by atoms with Gasteiger partial charge in [-0.05, 0) is 38.4 Å². The van der Waals surface area contributed by atoms with Gasteiger partial charge in [-0.1, -0.05) is 32.0 Å². The first-order valence-electron chi connectivity index (χ1n) is 6.37. The van der Waals surface area contributed by atoms with Crippen LogP contribution in [0.2, 0.25) is 0 Å². The number of nitrogens with one attached hydrogen (secondary N) is 1. The van der Waals surface area contributed by atoms with Crippen molar-refractivity contribution < 1.29 is 8.78 Å². The first-order valence-corrected chi connectivity index (χ1v) is 6.37. The van der Waals surface area contributed by atoms with Crippen LogP contribution >= 0.6 is 0 Å². The van der Waals surface area contributed by atoms with E-state index in [0.29, 0.717) is 0 Å². The third-order valence-corrected chi connectivity index (χ3v) is 3.30. The van der Waals surface area contributed by atoms with Crippen LogP contribution in [0.4, 0.5) is 8.78 Å². The van der Waals surface area contributed by atoms with E-state index in [1.165, 1.54) is 6.07 Å². The largest absolute Gasteiger partial charge is 0.311 e. The maximum atomic E-state index is 14.1. The Kier molecular flexibility index (Phi) is 4.49. The quantitative estimate of drug-likeness (QED) is 0.828. The summed E-state index contributed by atoms with van der Waals surface area (Å²) in [6.45, 7) is 7.59. The van der Waals surface area contributed by atoms with E-state index in [0.717, 1.165) is 5.56 Å². The molecule has 0 amide bonds. The van der Waals surface area contributed by atoms with Gasteiger partial charge in [-0.3, -0.25) is 0 Å². The predicted molar refractivity (Wildman–Crippen MR) is 71.9 cm³/mol. The Hall–Kier alpha value is -0.960. The van der Waals surface area contributed by atoms with Crippen LogP contribution in [-0.4, -0.2) is 7.05 Å². The Morgan fingerprint density at radius 3 is 2.22 bits per heavy atom. The molecule has 18 heavy (non-hydrogen) atoms. The smallest absolute Gasteiger partial charge is 0.273 e. The summed E-state index contributed by atoms with van der Waals surface area (Å²) < 4.78 is 28.1. The van der Waals surface area contributed by atoms with Crippen LogP contribution in [0.1, 0.15) is 45.2 Å². The summed E-state index contributed by atoms with van der Waals surface area (Å²) in [6.07, 6.45) is -0.115. The second kappa shape index (κ2) is 5.35. The van der Waals surface area contributed by atoms with Gasteiger partial charge in [-0.2, -0.15) is 0 Å². The van der Waals surface area contributed by atoms with Gasteiger partial charge in [0, 0.05) is 17.5 Å². The molecule has 0 unspecified atom stereocenters. The monoisotopic (exact) mass is 255 g/mol. The van der Waals surface area contributed by atoms with Crippen molar-refractivity contribution in [1.29, 1.82) is 0 Å². The number of alkyl halides is 2. The lowest BCUT2D eigenvalue weighted by Crippen LogP contribution is -2.33. The topological polar surface area (TPSA) is 12.0 Å². The zero-order valence-electron chi connectivity index (χ0n) is 11.8. The molecule has 0 fully saturated rings. The second-order valence-corrected chi connectivity index (χ2v) is 5.76. The molecule has 0 aliphatic carbocycles. The Morgan fingerprint density at radius 2 is 1.72 bits per heavy atom. The van der Waals surface area contributed by atoms with E-state index in [4.69, 9.17) is 0 Å². The number of halogens is 2. The van der Waals surface area contributed by atoms with E-state index < -0.39 is 5.92 Å². The van der Waals surface area contributed by atoms with Gasteiger partial charge in [0.1, 0.15) is 0 Å². The van der Waals surface area contributed by atoms with Crippen LogP contribution in [0.25, 0.3) is 0 Å². The van der Waals surface area contributed by atoms with Crippen LogP contribution < -0.4 is 5.32 Å². The van der Waals surface area contributed by atoms with E-state index in [1.807, 2.05) is 40.8 Å². The lowest BCUT2D eigenvalue weighted by Gasteiger charge is -2.27. The molecule has 0 saturated heterocycles. The Morgan fingerprint density at radius 1 is 1.17 bits per heavy atom. The van der Waals surface area contributed by atoms with E-state index in [9.17, 15) is 8.78 Å². The third kappa shape index (κ3) is 3.52. The van der Waals surface area contributed by atoms with Gasteiger partial charge in [0.05, 0.1) is 0 Å². The highest BCUT2D eigenvalue weighted by molar-refractivity contribution is 5.31. The number of hydrogen-bond acceptors (Lipinski definition) is 1. The molecule has 0 heterocycles. The highest BCUT2D eigenvalue weighted by Gasteiger charge is 2.33. The average Bonchev–Trinajstić information content (AvgIpc) is 2.27. The molecule has 1 nitrogen and oxygen atoms in total. The van der Waals surface area contributed by atoms with Crippen LogP contribution in [-0.2, 0) is 11.5 Å². The molecule has 102 valence electrons. The van der Waals surface area contributed by atoms with Gasteiger partial charge < -0.3 is 5.32 Å². The predicted octanol–water partition coefficient (Wildman–Crippen LogP) is 4.28. The normalized spacial score (nSPS) is 13.1. The van der Waals surface area contributed by atoms with Gasteiger partial charge in [0.25, 0.3) is 5.92 Å². The van der Waals surface area contributed by atoms with Crippen LogP contribution in [0.15, 0.2) is 24.3 Å². The minimum Gasteiger partial charge on any atom is -0.311 e. The summed E-state index contributed by atoms with van der Waals surface area (Å²) in [7, 11) is 1.83. The minimum absolute atomic E-state index is 0.0269. The standard InChI is InChI=1S/C15H23F2N/c1-11(2)10-15(16,17)13-8-6-7-12(9-13)14(3,4)18-5/h6-9,11,18H,10H2,1-5H3. The zero-order valence-corrected chi connectivity index (χ0v) is 11.8. The van der Waals surface area contributed by atoms with Crippen molar-refractivity contribution in [3.8, 4) is 0 Å². The minimum atomic E-state index is -2.76. The molecule has 0 saturated carbocycles. The molecule has 0 aliphatic heterocycles. The van der Waals surface area contributed by atoms with Crippen molar-refractivity contribution in [3.05, 3.63) is 35.4 Å². The molecule has 0 aliphatic rings. The molecule has 3 heteroatoms. The molecule has 0 radical (unpaired) electrons. The van der Waals surface area contributed by atoms with Gasteiger partial charge in [-0.15, -0.1) is 0 Å². The number of benzene rings is 1. The van der Waals surface area contributed by atoms with Crippen molar-refractivity contribution in [1.82, 2.24) is 5.32 Å². The Balaban J connectivity index is 3.09. The second-order valence-electron chi connectivity index (χ2n) is 5.76. The summed E-state index contributed by atoms with van der Waals surface area (Å²) in [4.78, 5) is 0. The number of hydrogen-bond donors (Lipinski definition) is 1. The molecular weight excluding hydrogens is 232 g/mol. The van der Waals surface area contributed by atoms with E-state index in [2.05, 4.69) is 5.32 Å². The molecule has 0 aromatic heterocycles. The summed E-state index contributed by atoms with van der Waals surface area (Å²) in [5, 5.41) is 3.13. The maximum Gasteiger partial charge on any atom is 0.273 e. The maximum absolute atomic E-state index is 14.1. The SMILES string of the molecule is CNC(C)(C)c1cccc(C(F)(F)CC(C)C)c1. The Labute approximate surface area is 109 Å². The first-order chi connectivity index (χ1) is 8.19. The Bertz CT molecular complexity index is 397. The van der Waals surface area contributed by atoms with Crippen molar-refractivity contribution in [2.45, 2.75) is 45.6 Å². The van der Waals surface area contributed by atoms with Gasteiger partial charge in [0.2, 0.25) is 0 Å². The van der Waals surface area contributed by atoms with Gasteiger partial charge >= 0.3 is 0 Å². The summed E-state index contributed by atoms with van der Waals surface area (Å²) in [5.74, 6) is -2.78. The molecule has 1 N–H and O–H groups in total. The third-order valence-electron chi connectivity index (χ3n) is 3.30. The van der Waals surface area contributed by atoms with Crippen molar-refractivity contribution in [3.63, 3.8) is 0 Å². The molecule has 1 rings (SSSR count). The fourth-order valence-electron chi connectivity index (χ4n) is 1.91. The summed E-state index contributed by atoms with van der Waals surface area (Å²) >= 11 is 0. The highest BCUT2D eigenvalue weighted by atomic mass is 19.3. The van der Waals surface area contributed by atoms with E-state index in [-0.39, 0.29) is 23.4 Å². The highest BCUT2D eigenvalue weighted by Crippen LogP contribution is 2.36. The summed E-state index contributed by atoms with van der Waals surface area (Å²) in [5.41, 5.74) is 0.687. The van der Waals surface area contributed by atoms with Gasteiger partial charge in [0.15, 0.2) is 0 Å². The fourth-order valence-corrected chi connectivity index (χ4v) is 1.91. The lowest BCUT2D eigenvalue weighted by atomic mass is 9.90. The fraction of sp³-hybridized carbons (Fsp3) is 0.600. The lowest BCUT2D eigenvalue weighted by molar-refractivity contribution is -0.0250. The first kappa shape index (κ1) is 15.1. The van der Waals surface area contributed by atoms with Crippen LogP contribution in [0.3, 0.4) is 0 Å². The summed E-state index contributed by atoms with van der Waals surface area (Å²) in [6, 6.07) is 6.71. The molecule has 0 atom stereocenters. The molecule has 1 aromatic carbocycles. The van der Waals surface area contributed by atoms with Crippen molar-refractivity contribution in [2.75, 3.05) is 7.05 Å². The molecule has 0 bridgehead atoms. The molecular formula is C15H23F2N. The van der Waals surface area contributed by atoms with E-state index in [1.54, 1.807) is 12.1 Å². The van der Waals surface area contributed by atoms with E-state index >= 15 is 0 Å². The average molecular weight is 255 g/mol. The number of rotatable bonds is 5.